The first-order chi connectivity index (χ1) is 8.99. The standard InChI is InChI=1S/C13H13N3O3/c1-7-11(8(2)16-15-7)14-12(17)9-4-3-5-10(6-9)13(18)19/h3-6H,1-2H3,(H,14,17)(H,15,16)(H,18,19). The SMILES string of the molecule is Cc1n[nH]c(C)c1NC(=O)c1cccc(C(=O)O)c1. The average Bonchev–Trinajstić information content (AvgIpc) is 2.70. The number of anilines is 1. The molecule has 3 N–H and O–H groups in total. The Labute approximate surface area is 109 Å². The average molecular weight is 259 g/mol. The molecule has 1 heterocycles. The van der Waals surface area contributed by atoms with Crippen LogP contribution in [0.25, 0.3) is 0 Å². The first-order valence-corrected chi connectivity index (χ1v) is 5.65. The van der Waals surface area contributed by atoms with Crippen molar-refractivity contribution < 1.29 is 14.7 Å². The molecule has 19 heavy (non-hydrogen) atoms. The molecule has 0 saturated carbocycles. The minimum absolute atomic E-state index is 0.0771. The van der Waals surface area contributed by atoms with Crippen molar-refractivity contribution in [2.24, 2.45) is 0 Å². The van der Waals surface area contributed by atoms with Crippen LogP contribution in [0, 0.1) is 13.8 Å². The quantitative estimate of drug-likeness (QED) is 0.785. The van der Waals surface area contributed by atoms with Crippen LogP contribution in [-0.2, 0) is 0 Å². The van der Waals surface area contributed by atoms with E-state index < -0.39 is 5.97 Å². The highest BCUT2D eigenvalue weighted by molar-refractivity contribution is 6.06. The summed E-state index contributed by atoms with van der Waals surface area (Å²) >= 11 is 0. The summed E-state index contributed by atoms with van der Waals surface area (Å²) in [6, 6.07) is 5.87. The normalized spacial score (nSPS) is 10.2. The third-order valence-electron chi connectivity index (χ3n) is 2.74. The van der Waals surface area contributed by atoms with E-state index in [4.69, 9.17) is 5.11 Å². The molecule has 0 aliphatic carbocycles. The molecule has 2 aromatic rings. The van der Waals surface area contributed by atoms with Crippen molar-refractivity contribution in [2.45, 2.75) is 13.8 Å². The van der Waals surface area contributed by atoms with E-state index in [0.29, 0.717) is 16.9 Å². The van der Waals surface area contributed by atoms with Crippen LogP contribution in [0.4, 0.5) is 5.69 Å². The van der Waals surface area contributed by atoms with Gasteiger partial charge < -0.3 is 10.4 Å². The van der Waals surface area contributed by atoms with E-state index in [9.17, 15) is 9.59 Å². The fourth-order valence-electron chi connectivity index (χ4n) is 1.71. The molecular formula is C13H13N3O3. The Kier molecular flexibility index (Phi) is 3.33. The summed E-state index contributed by atoms with van der Waals surface area (Å²) in [7, 11) is 0. The highest BCUT2D eigenvalue weighted by atomic mass is 16.4. The monoisotopic (exact) mass is 259 g/mol. The molecule has 0 saturated heterocycles. The fraction of sp³-hybridized carbons (Fsp3) is 0.154. The van der Waals surface area contributed by atoms with Crippen molar-refractivity contribution in [3.05, 3.63) is 46.8 Å². The van der Waals surface area contributed by atoms with Gasteiger partial charge >= 0.3 is 5.97 Å². The summed E-state index contributed by atoms with van der Waals surface area (Å²) in [6.45, 7) is 3.57. The summed E-state index contributed by atoms with van der Waals surface area (Å²) in [5, 5.41) is 18.3. The van der Waals surface area contributed by atoms with Crippen molar-refractivity contribution in [3.8, 4) is 0 Å². The topological polar surface area (TPSA) is 95.1 Å². The largest absolute Gasteiger partial charge is 0.478 e. The van der Waals surface area contributed by atoms with Gasteiger partial charge in [-0.3, -0.25) is 9.89 Å². The van der Waals surface area contributed by atoms with E-state index >= 15 is 0 Å². The summed E-state index contributed by atoms with van der Waals surface area (Å²) in [5.74, 6) is -1.43. The first-order valence-electron chi connectivity index (χ1n) is 5.65. The van der Waals surface area contributed by atoms with Crippen LogP contribution in [0.1, 0.15) is 32.1 Å². The summed E-state index contributed by atoms with van der Waals surface area (Å²) < 4.78 is 0. The van der Waals surface area contributed by atoms with Crippen LogP contribution >= 0.6 is 0 Å². The van der Waals surface area contributed by atoms with Gasteiger partial charge in [-0.25, -0.2) is 4.79 Å². The maximum atomic E-state index is 12.0. The Morgan fingerprint density at radius 3 is 2.53 bits per heavy atom. The second-order valence-corrected chi connectivity index (χ2v) is 4.15. The van der Waals surface area contributed by atoms with E-state index in [1.54, 1.807) is 19.9 Å². The van der Waals surface area contributed by atoms with Crippen LogP contribution < -0.4 is 5.32 Å². The van der Waals surface area contributed by atoms with Gasteiger partial charge in [-0.05, 0) is 32.0 Å². The number of H-pyrrole nitrogens is 1. The van der Waals surface area contributed by atoms with Crippen LogP contribution in [0.2, 0.25) is 0 Å². The number of hydrogen-bond donors (Lipinski definition) is 3. The van der Waals surface area contributed by atoms with Gasteiger partial charge in [0.2, 0.25) is 0 Å². The highest BCUT2D eigenvalue weighted by Crippen LogP contribution is 2.17. The van der Waals surface area contributed by atoms with Crippen molar-refractivity contribution in [1.82, 2.24) is 10.2 Å². The van der Waals surface area contributed by atoms with E-state index in [-0.39, 0.29) is 11.5 Å². The molecule has 0 aliphatic rings. The molecule has 6 nitrogen and oxygen atoms in total. The van der Waals surface area contributed by atoms with Gasteiger partial charge in [0.05, 0.1) is 22.6 Å². The second-order valence-electron chi connectivity index (χ2n) is 4.15. The van der Waals surface area contributed by atoms with E-state index in [2.05, 4.69) is 15.5 Å². The maximum absolute atomic E-state index is 12.0. The van der Waals surface area contributed by atoms with Crippen molar-refractivity contribution in [3.63, 3.8) is 0 Å². The predicted octanol–water partition coefficient (Wildman–Crippen LogP) is 1.98. The molecule has 0 unspecified atom stereocenters. The fourth-order valence-corrected chi connectivity index (χ4v) is 1.71. The predicted molar refractivity (Wildman–Crippen MR) is 69.4 cm³/mol. The van der Waals surface area contributed by atoms with E-state index in [1.165, 1.54) is 18.2 Å². The van der Waals surface area contributed by atoms with Gasteiger partial charge in [0.15, 0.2) is 0 Å². The van der Waals surface area contributed by atoms with Crippen LogP contribution in [0.5, 0.6) is 0 Å². The number of carboxylic acids is 1. The number of carbonyl (C=O) groups is 2. The van der Waals surface area contributed by atoms with Gasteiger partial charge in [-0.2, -0.15) is 5.10 Å². The number of amides is 1. The Balaban J connectivity index is 2.25. The summed E-state index contributed by atoms with van der Waals surface area (Å²) in [4.78, 5) is 22.9. The van der Waals surface area contributed by atoms with Gasteiger partial charge in [-0.1, -0.05) is 6.07 Å². The number of hydrogen-bond acceptors (Lipinski definition) is 3. The van der Waals surface area contributed by atoms with Crippen molar-refractivity contribution >= 4 is 17.6 Å². The number of aryl methyl sites for hydroxylation is 2. The molecule has 2 rings (SSSR count). The number of aromatic amines is 1. The number of rotatable bonds is 3. The highest BCUT2D eigenvalue weighted by Gasteiger charge is 2.13. The third-order valence-corrected chi connectivity index (χ3v) is 2.74. The Hall–Kier alpha value is -2.63. The van der Waals surface area contributed by atoms with E-state index in [1.807, 2.05) is 0 Å². The number of carbonyl (C=O) groups excluding carboxylic acids is 1. The molecule has 0 spiro atoms. The van der Waals surface area contributed by atoms with Gasteiger partial charge in [-0.15, -0.1) is 0 Å². The minimum Gasteiger partial charge on any atom is -0.478 e. The lowest BCUT2D eigenvalue weighted by Crippen LogP contribution is -2.13. The van der Waals surface area contributed by atoms with Gasteiger partial charge in [0.25, 0.3) is 5.91 Å². The zero-order valence-corrected chi connectivity index (χ0v) is 10.5. The molecule has 0 atom stereocenters. The minimum atomic E-state index is -1.06. The zero-order chi connectivity index (χ0) is 14.0. The molecule has 98 valence electrons. The number of carboxylic acid groups (broad SMARTS) is 1. The molecular weight excluding hydrogens is 246 g/mol. The van der Waals surface area contributed by atoms with Crippen LogP contribution in [0.15, 0.2) is 24.3 Å². The molecule has 6 heteroatoms. The molecule has 1 aromatic carbocycles. The zero-order valence-electron chi connectivity index (χ0n) is 10.5. The van der Waals surface area contributed by atoms with Crippen molar-refractivity contribution in [1.29, 1.82) is 0 Å². The lowest BCUT2D eigenvalue weighted by molar-refractivity contribution is 0.0697. The summed E-state index contributed by atoms with van der Waals surface area (Å²) in [5.41, 5.74) is 2.42. The maximum Gasteiger partial charge on any atom is 0.335 e. The van der Waals surface area contributed by atoms with Crippen molar-refractivity contribution in [2.75, 3.05) is 5.32 Å². The number of aromatic nitrogens is 2. The number of aromatic carboxylic acids is 1. The molecule has 1 amide bonds. The van der Waals surface area contributed by atoms with Crippen LogP contribution in [-0.4, -0.2) is 27.2 Å². The molecule has 0 bridgehead atoms. The number of nitrogens with one attached hydrogen (secondary N) is 2. The van der Waals surface area contributed by atoms with E-state index in [0.717, 1.165) is 5.69 Å². The first kappa shape index (κ1) is 12.8. The molecule has 0 aliphatic heterocycles. The Morgan fingerprint density at radius 2 is 1.95 bits per heavy atom. The Morgan fingerprint density at radius 1 is 1.26 bits per heavy atom. The molecule has 0 fully saturated rings. The molecule has 1 aromatic heterocycles. The lowest BCUT2D eigenvalue weighted by atomic mass is 10.1. The smallest absolute Gasteiger partial charge is 0.335 e. The Bertz CT molecular complexity index is 627. The molecule has 0 radical (unpaired) electrons. The van der Waals surface area contributed by atoms with Crippen LogP contribution in [0.3, 0.4) is 0 Å². The number of benzene rings is 1. The van der Waals surface area contributed by atoms with Gasteiger partial charge in [0, 0.05) is 5.56 Å². The summed E-state index contributed by atoms with van der Waals surface area (Å²) in [6.07, 6.45) is 0. The lowest BCUT2D eigenvalue weighted by Gasteiger charge is -2.05. The second kappa shape index (κ2) is 4.93. The van der Waals surface area contributed by atoms with Gasteiger partial charge in [0.1, 0.15) is 0 Å². The number of nitrogens with zero attached hydrogens (tertiary/aromatic N) is 1. The third kappa shape index (κ3) is 2.62.